The van der Waals surface area contributed by atoms with E-state index in [0.29, 0.717) is 19.4 Å². The molecule has 4 heterocycles. The Morgan fingerprint density at radius 1 is 1.06 bits per heavy atom. The number of amides is 6. The molecule has 0 aliphatic carbocycles. The molecule has 1 aromatic heterocycles. The number of carbonyl (C=O) groups is 7. The van der Waals surface area contributed by atoms with Gasteiger partial charge in [0.05, 0.1) is 31.4 Å². The van der Waals surface area contributed by atoms with Crippen LogP contribution < -0.4 is 21.3 Å². The van der Waals surface area contributed by atoms with Crippen LogP contribution in [0.15, 0.2) is 18.6 Å². The zero-order valence-corrected chi connectivity index (χ0v) is 29.4. The highest BCUT2D eigenvalue weighted by atomic mass is 16.2. The predicted octanol–water partition coefficient (Wildman–Crippen LogP) is -0.650. The van der Waals surface area contributed by atoms with Crippen LogP contribution in [-0.4, -0.2) is 128 Å². The van der Waals surface area contributed by atoms with Gasteiger partial charge in [-0.25, -0.2) is 4.98 Å². The second kappa shape index (κ2) is 15.0. The molecule has 6 amide bonds. The lowest BCUT2D eigenvalue weighted by atomic mass is 9.85. The van der Waals surface area contributed by atoms with Gasteiger partial charge in [-0.2, -0.15) is 0 Å². The van der Waals surface area contributed by atoms with Gasteiger partial charge in [0.2, 0.25) is 29.4 Å². The number of rotatable bonds is 12. The summed E-state index contributed by atoms with van der Waals surface area (Å²) in [7, 11) is 1.67. The van der Waals surface area contributed by atoms with Crippen LogP contribution in [-0.2, 0) is 28.8 Å². The van der Waals surface area contributed by atoms with Crippen molar-refractivity contribution in [3.05, 3.63) is 24.3 Å². The molecule has 3 aliphatic heterocycles. The number of nitrogens with one attached hydrogen (secondary N) is 4. The third kappa shape index (κ3) is 7.89. The van der Waals surface area contributed by atoms with Gasteiger partial charge in [-0.15, -0.1) is 0 Å². The summed E-state index contributed by atoms with van der Waals surface area (Å²) in [5, 5.41) is 10.5. The number of aromatic nitrogens is 2. The third-order valence-electron chi connectivity index (χ3n) is 9.41. The topological polar surface area (TPSA) is 203 Å². The van der Waals surface area contributed by atoms with Crippen molar-refractivity contribution in [1.82, 2.24) is 45.9 Å². The van der Waals surface area contributed by atoms with Gasteiger partial charge in [-0.3, -0.25) is 43.4 Å². The van der Waals surface area contributed by atoms with Gasteiger partial charge >= 0.3 is 0 Å². The number of hydrogen-bond acceptors (Lipinski definition) is 10. The molecule has 0 bridgehead atoms. The number of hydrogen-bond donors (Lipinski definition) is 4. The maximum absolute atomic E-state index is 14.6. The standard InChI is InChI=1S/C33H49N9O7/c1-8-10-20(25(44)29(47)37-19(2)3)38-28(46)23-15-33(40(7)30(48)22-11-9-14-42(22)33)18-41(23)31(49)26(32(4,5)6)39-24(43)17-36-27(45)21-16-34-12-13-35-21/h12-13,16,19-20,22-23,26H,8-11,14-15,17-18H2,1-7H3,(H,36,45)(H,37,47)(H,38,46)(H,39,43)/t20?,22?,23-,26+,33?/m0/s1. The average Bonchev–Trinajstić information content (AvgIpc) is 3.75. The number of ketones is 1. The molecule has 0 saturated carbocycles. The number of fused-ring (bicyclic) bond motifs is 2. The van der Waals surface area contributed by atoms with Crippen LogP contribution in [0.3, 0.4) is 0 Å². The number of likely N-dealkylation sites (tertiary alicyclic amines) is 1. The Hall–Kier alpha value is -4.47. The van der Waals surface area contributed by atoms with Crippen LogP contribution in [0.2, 0.25) is 0 Å². The Morgan fingerprint density at radius 2 is 1.78 bits per heavy atom. The van der Waals surface area contributed by atoms with Gasteiger partial charge in [-0.1, -0.05) is 34.1 Å². The van der Waals surface area contributed by atoms with E-state index in [4.69, 9.17) is 0 Å². The summed E-state index contributed by atoms with van der Waals surface area (Å²) in [5.41, 5.74) is -1.81. The van der Waals surface area contributed by atoms with Crippen molar-refractivity contribution in [2.24, 2.45) is 5.41 Å². The molecular formula is C33H49N9O7. The van der Waals surface area contributed by atoms with Gasteiger partial charge in [0.15, 0.2) is 0 Å². The van der Waals surface area contributed by atoms with E-state index in [1.54, 1.807) is 46.6 Å². The van der Waals surface area contributed by atoms with Crippen LogP contribution in [0.4, 0.5) is 0 Å². The van der Waals surface area contributed by atoms with Crippen molar-refractivity contribution in [2.45, 2.75) is 110 Å². The summed E-state index contributed by atoms with van der Waals surface area (Å²) in [6.07, 6.45) is 6.25. The Labute approximate surface area is 286 Å². The van der Waals surface area contributed by atoms with Gasteiger partial charge < -0.3 is 31.1 Å². The fourth-order valence-electron chi connectivity index (χ4n) is 6.94. The van der Waals surface area contributed by atoms with Crippen molar-refractivity contribution in [3.63, 3.8) is 0 Å². The minimum Gasteiger partial charge on any atom is -0.347 e. The van der Waals surface area contributed by atoms with E-state index in [1.807, 2.05) is 6.92 Å². The first-order chi connectivity index (χ1) is 23.0. The molecule has 4 rings (SSSR count). The molecule has 1 spiro atoms. The van der Waals surface area contributed by atoms with Crippen molar-refractivity contribution in [1.29, 1.82) is 0 Å². The van der Waals surface area contributed by atoms with E-state index in [-0.39, 0.29) is 43.1 Å². The highest BCUT2D eigenvalue weighted by Gasteiger charge is 2.63. The molecule has 0 radical (unpaired) electrons. The molecule has 0 aromatic carbocycles. The summed E-state index contributed by atoms with van der Waals surface area (Å²) >= 11 is 0. The first kappa shape index (κ1) is 37.4. The van der Waals surface area contributed by atoms with Gasteiger partial charge in [-0.05, 0) is 38.5 Å². The molecular weight excluding hydrogens is 634 g/mol. The second-order valence-electron chi connectivity index (χ2n) is 14.4. The lowest BCUT2D eigenvalue weighted by Crippen LogP contribution is -2.60. The molecule has 4 N–H and O–H groups in total. The fourth-order valence-corrected chi connectivity index (χ4v) is 6.94. The molecule has 16 nitrogen and oxygen atoms in total. The van der Waals surface area contributed by atoms with Gasteiger partial charge in [0.25, 0.3) is 11.8 Å². The van der Waals surface area contributed by atoms with Crippen LogP contribution in [0.5, 0.6) is 0 Å². The number of likely N-dealkylation sites (N-methyl/N-ethyl adjacent to an activating group) is 1. The highest BCUT2D eigenvalue weighted by Crippen LogP contribution is 2.45. The lowest BCUT2D eigenvalue weighted by molar-refractivity contribution is -0.145. The smallest absolute Gasteiger partial charge is 0.289 e. The Bertz CT molecular complexity index is 1460. The zero-order chi connectivity index (χ0) is 36.3. The maximum Gasteiger partial charge on any atom is 0.289 e. The predicted molar refractivity (Wildman–Crippen MR) is 176 cm³/mol. The van der Waals surface area contributed by atoms with Gasteiger partial charge in [0, 0.05) is 38.4 Å². The first-order valence-corrected chi connectivity index (χ1v) is 16.8. The molecule has 49 heavy (non-hydrogen) atoms. The number of Topliss-reactive ketones (excluding diaryl/α,β-unsaturated/α-hetero) is 1. The molecule has 268 valence electrons. The van der Waals surface area contributed by atoms with E-state index in [9.17, 15) is 33.6 Å². The van der Waals surface area contributed by atoms with E-state index in [1.165, 1.54) is 23.5 Å². The summed E-state index contributed by atoms with van der Waals surface area (Å²) < 4.78 is 0. The normalized spacial score (nSPS) is 23.3. The molecule has 5 atom stereocenters. The van der Waals surface area contributed by atoms with Crippen LogP contribution in [0.25, 0.3) is 0 Å². The second-order valence-corrected chi connectivity index (χ2v) is 14.4. The van der Waals surface area contributed by atoms with E-state index >= 15 is 0 Å². The quantitative estimate of drug-likeness (QED) is 0.205. The molecule has 3 aliphatic rings. The van der Waals surface area contributed by atoms with E-state index in [0.717, 1.165) is 6.42 Å². The highest BCUT2D eigenvalue weighted by molar-refractivity contribution is 6.38. The summed E-state index contributed by atoms with van der Waals surface area (Å²) in [4.78, 5) is 106. The van der Waals surface area contributed by atoms with Crippen LogP contribution >= 0.6 is 0 Å². The Balaban J connectivity index is 1.61. The van der Waals surface area contributed by atoms with Crippen molar-refractivity contribution in [2.75, 3.05) is 26.7 Å². The van der Waals surface area contributed by atoms with Crippen molar-refractivity contribution >= 4 is 41.2 Å². The minimum atomic E-state index is -1.14. The number of carbonyl (C=O) groups excluding carboxylic acids is 7. The van der Waals surface area contributed by atoms with Gasteiger partial charge in [0.1, 0.15) is 23.4 Å². The number of nitrogens with zero attached hydrogens (tertiary/aromatic N) is 5. The summed E-state index contributed by atoms with van der Waals surface area (Å²) in [6, 6.07) is -4.04. The monoisotopic (exact) mass is 683 g/mol. The van der Waals surface area contributed by atoms with E-state index < -0.39 is 71.1 Å². The Kier molecular flexibility index (Phi) is 11.4. The van der Waals surface area contributed by atoms with Crippen molar-refractivity contribution in [3.8, 4) is 0 Å². The summed E-state index contributed by atoms with van der Waals surface area (Å²) in [6.45, 7) is 10.7. The fraction of sp³-hybridized carbons (Fsp3) is 0.667. The minimum absolute atomic E-state index is 0.00521. The Morgan fingerprint density at radius 3 is 2.39 bits per heavy atom. The average molecular weight is 684 g/mol. The first-order valence-electron chi connectivity index (χ1n) is 16.8. The van der Waals surface area contributed by atoms with Crippen LogP contribution in [0.1, 0.15) is 84.1 Å². The van der Waals surface area contributed by atoms with E-state index in [2.05, 4.69) is 36.1 Å². The lowest BCUT2D eigenvalue weighted by Gasteiger charge is -2.39. The molecule has 3 fully saturated rings. The maximum atomic E-state index is 14.6. The van der Waals surface area contributed by atoms with Crippen LogP contribution in [0, 0.1) is 5.41 Å². The zero-order valence-electron chi connectivity index (χ0n) is 29.4. The summed E-state index contributed by atoms with van der Waals surface area (Å²) in [5.74, 6) is -4.14. The molecule has 16 heteroatoms. The molecule has 3 saturated heterocycles. The SMILES string of the molecule is CCCC(NC(=O)[C@@H]1CC2(CN1C(=O)[C@@H](NC(=O)CNC(=O)c1cnccn1)C(C)(C)C)N(C)C(=O)C1CCCN12)C(=O)C(=O)NC(C)C. The molecule has 3 unspecified atom stereocenters. The van der Waals surface area contributed by atoms with Crippen molar-refractivity contribution < 1.29 is 33.6 Å². The third-order valence-corrected chi connectivity index (χ3v) is 9.41. The molecule has 1 aromatic rings. The largest absolute Gasteiger partial charge is 0.347 e.